The van der Waals surface area contributed by atoms with E-state index >= 15 is 0 Å². The van der Waals surface area contributed by atoms with Gasteiger partial charge in [0.05, 0.1) is 4.92 Å². The maximum atomic E-state index is 10.6. The molecule has 0 saturated heterocycles. The Labute approximate surface area is 102 Å². The van der Waals surface area contributed by atoms with Crippen LogP contribution in [-0.4, -0.2) is 40.3 Å². The lowest BCUT2D eigenvalue weighted by Gasteiger charge is -2.18. The van der Waals surface area contributed by atoms with Crippen LogP contribution < -0.4 is 5.73 Å². The summed E-state index contributed by atoms with van der Waals surface area (Å²) in [6, 6.07) is 3.69. The van der Waals surface area contributed by atoms with E-state index in [1.165, 1.54) is 19.2 Å². The molecule has 1 rings (SSSR count). The Kier molecular flexibility index (Phi) is 3.82. The monoisotopic (exact) mass is 252 g/mol. The van der Waals surface area contributed by atoms with Gasteiger partial charge in [-0.2, -0.15) is 0 Å². The minimum Gasteiger partial charge on any atom is -0.480 e. The number of nitrogens with two attached hydrogens (primary N) is 1. The number of carboxylic acids is 1. The van der Waals surface area contributed by atoms with E-state index in [9.17, 15) is 14.9 Å². The van der Waals surface area contributed by atoms with Crippen molar-refractivity contribution in [3.05, 3.63) is 33.9 Å². The largest absolute Gasteiger partial charge is 0.480 e. The molecule has 0 unspecified atom stereocenters. The van der Waals surface area contributed by atoms with Crippen molar-refractivity contribution >= 4 is 23.2 Å². The molecule has 0 aliphatic heterocycles. The molecule has 0 amide bonds. The van der Waals surface area contributed by atoms with E-state index in [2.05, 4.69) is 0 Å². The van der Waals surface area contributed by atoms with Crippen molar-refractivity contribution in [1.29, 1.82) is 5.41 Å². The van der Waals surface area contributed by atoms with E-state index in [0.29, 0.717) is 0 Å². The van der Waals surface area contributed by atoms with Crippen molar-refractivity contribution < 1.29 is 14.8 Å². The zero-order valence-electron chi connectivity index (χ0n) is 9.58. The summed E-state index contributed by atoms with van der Waals surface area (Å²) in [7, 11) is 1.40. The van der Waals surface area contributed by atoms with Crippen LogP contribution in [0.5, 0.6) is 0 Å². The predicted octanol–water partition coefficient (Wildman–Crippen LogP) is 0.519. The lowest BCUT2D eigenvalue weighted by Crippen LogP contribution is -2.32. The van der Waals surface area contributed by atoms with Crippen molar-refractivity contribution in [3.8, 4) is 0 Å². The van der Waals surface area contributed by atoms with Gasteiger partial charge in [0.15, 0.2) is 0 Å². The second-order valence-corrected chi connectivity index (χ2v) is 3.63. The molecule has 0 bridgehead atoms. The number of hydrogen-bond donors (Lipinski definition) is 3. The molecule has 0 radical (unpaired) electrons. The highest BCUT2D eigenvalue weighted by Crippen LogP contribution is 2.20. The number of anilines is 1. The molecule has 18 heavy (non-hydrogen) atoms. The molecule has 0 spiro atoms. The molecule has 0 aliphatic rings. The number of nitrogens with zero attached hydrogens (tertiary/aromatic N) is 2. The normalized spacial score (nSPS) is 9.83. The van der Waals surface area contributed by atoms with E-state index in [-0.39, 0.29) is 29.3 Å². The van der Waals surface area contributed by atoms with Crippen LogP contribution in [0, 0.1) is 15.5 Å². The van der Waals surface area contributed by atoms with E-state index in [4.69, 9.17) is 16.2 Å². The Bertz CT molecular complexity index is 515. The number of carbonyl (C=O) groups is 1. The van der Waals surface area contributed by atoms with Crippen molar-refractivity contribution in [1.82, 2.24) is 4.90 Å². The van der Waals surface area contributed by atoms with Crippen LogP contribution in [0.3, 0.4) is 0 Å². The lowest BCUT2D eigenvalue weighted by molar-refractivity contribution is -0.384. The van der Waals surface area contributed by atoms with Crippen molar-refractivity contribution in [2.45, 2.75) is 0 Å². The van der Waals surface area contributed by atoms with Gasteiger partial charge in [-0.05, 0) is 6.07 Å². The van der Waals surface area contributed by atoms with Crippen LogP contribution in [0.4, 0.5) is 11.4 Å². The van der Waals surface area contributed by atoms with Gasteiger partial charge in [0, 0.05) is 30.4 Å². The first-order valence-electron chi connectivity index (χ1n) is 4.88. The molecule has 1 aromatic carbocycles. The molecule has 0 aromatic heterocycles. The number of benzene rings is 1. The highest BCUT2D eigenvalue weighted by molar-refractivity contribution is 6.02. The summed E-state index contributed by atoms with van der Waals surface area (Å²) in [5.74, 6) is -1.29. The second-order valence-electron chi connectivity index (χ2n) is 3.63. The third-order valence-electron chi connectivity index (χ3n) is 2.26. The van der Waals surface area contributed by atoms with E-state index in [0.717, 1.165) is 11.0 Å². The molecule has 1 aromatic rings. The van der Waals surface area contributed by atoms with Crippen molar-refractivity contribution in [3.63, 3.8) is 0 Å². The summed E-state index contributed by atoms with van der Waals surface area (Å²) >= 11 is 0. The molecular formula is C10H12N4O4. The summed E-state index contributed by atoms with van der Waals surface area (Å²) < 4.78 is 0. The summed E-state index contributed by atoms with van der Waals surface area (Å²) in [6.45, 7) is -0.388. The Morgan fingerprint density at radius 1 is 1.61 bits per heavy atom. The molecule has 0 fully saturated rings. The number of amidine groups is 1. The molecule has 0 atom stereocenters. The smallest absolute Gasteiger partial charge is 0.323 e. The number of nitro groups is 1. The fraction of sp³-hybridized carbons (Fsp3) is 0.200. The molecule has 0 saturated carbocycles. The van der Waals surface area contributed by atoms with Crippen LogP contribution in [0.1, 0.15) is 5.56 Å². The number of nitro benzene ring substituents is 1. The van der Waals surface area contributed by atoms with Gasteiger partial charge in [-0.3, -0.25) is 20.3 Å². The van der Waals surface area contributed by atoms with Crippen LogP contribution in [0.15, 0.2) is 18.2 Å². The van der Waals surface area contributed by atoms with Gasteiger partial charge in [-0.15, -0.1) is 0 Å². The zero-order chi connectivity index (χ0) is 13.9. The van der Waals surface area contributed by atoms with Crippen LogP contribution in [0.25, 0.3) is 0 Å². The van der Waals surface area contributed by atoms with Gasteiger partial charge in [-0.25, -0.2) is 0 Å². The summed E-state index contributed by atoms with van der Waals surface area (Å²) in [6.07, 6.45) is 0. The van der Waals surface area contributed by atoms with Crippen LogP contribution in [0.2, 0.25) is 0 Å². The SMILES string of the molecule is CN(CC(=O)O)C(=N)c1cc([N+](=O)[O-])ccc1N. The number of likely N-dealkylation sites (N-methyl/N-ethyl adjacent to an activating group) is 1. The number of carboxylic acid groups (broad SMARTS) is 1. The number of non-ortho nitro benzene ring substituents is 1. The van der Waals surface area contributed by atoms with Crippen molar-refractivity contribution in [2.75, 3.05) is 19.3 Å². The highest BCUT2D eigenvalue weighted by Gasteiger charge is 2.16. The minimum atomic E-state index is -1.11. The first kappa shape index (κ1) is 13.4. The molecule has 96 valence electrons. The summed E-state index contributed by atoms with van der Waals surface area (Å²) in [5.41, 5.74) is 5.74. The third kappa shape index (κ3) is 2.94. The third-order valence-corrected chi connectivity index (χ3v) is 2.26. The quantitative estimate of drug-likeness (QED) is 0.235. The number of nitrogen functional groups attached to an aromatic ring is 1. The zero-order valence-corrected chi connectivity index (χ0v) is 9.58. The van der Waals surface area contributed by atoms with Crippen molar-refractivity contribution in [2.24, 2.45) is 0 Å². The maximum absolute atomic E-state index is 10.6. The van der Waals surface area contributed by atoms with Crippen LogP contribution in [-0.2, 0) is 4.79 Å². The topological polar surface area (TPSA) is 134 Å². The molecule has 8 heteroatoms. The number of aliphatic carboxylic acids is 1. The summed E-state index contributed by atoms with van der Waals surface area (Å²) in [4.78, 5) is 21.7. The Morgan fingerprint density at radius 3 is 2.72 bits per heavy atom. The fourth-order valence-corrected chi connectivity index (χ4v) is 1.35. The number of nitrogens with one attached hydrogen (secondary N) is 1. The van der Waals surface area contributed by atoms with Gasteiger partial charge in [0.1, 0.15) is 12.4 Å². The number of rotatable bonds is 4. The lowest BCUT2D eigenvalue weighted by atomic mass is 10.1. The Hall–Kier alpha value is -2.64. The van der Waals surface area contributed by atoms with E-state index < -0.39 is 10.9 Å². The fourth-order valence-electron chi connectivity index (χ4n) is 1.35. The van der Waals surface area contributed by atoms with Gasteiger partial charge in [0.2, 0.25) is 0 Å². The summed E-state index contributed by atoms with van der Waals surface area (Å²) in [5, 5.41) is 27.0. The van der Waals surface area contributed by atoms with Crippen LogP contribution >= 0.6 is 0 Å². The van der Waals surface area contributed by atoms with E-state index in [1.54, 1.807) is 0 Å². The average Bonchev–Trinajstić information content (AvgIpc) is 2.27. The molecule has 0 heterocycles. The Morgan fingerprint density at radius 2 is 2.22 bits per heavy atom. The molecule has 0 aliphatic carbocycles. The molecule has 4 N–H and O–H groups in total. The first-order chi connectivity index (χ1) is 8.32. The van der Waals surface area contributed by atoms with Gasteiger partial charge >= 0.3 is 5.97 Å². The number of hydrogen-bond acceptors (Lipinski definition) is 5. The second kappa shape index (κ2) is 5.13. The Balaban J connectivity index is 3.08. The van der Waals surface area contributed by atoms with Gasteiger partial charge in [0.25, 0.3) is 5.69 Å². The average molecular weight is 252 g/mol. The van der Waals surface area contributed by atoms with E-state index in [1.807, 2.05) is 0 Å². The standard InChI is InChI=1S/C10H12N4O4/c1-13(5-9(15)16)10(12)7-4-6(14(17)18)2-3-8(7)11/h2-4,12H,5,11H2,1H3,(H,15,16). The molecular weight excluding hydrogens is 240 g/mol. The van der Waals surface area contributed by atoms with Gasteiger partial charge < -0.3 is 15.7 Å². The van der Waals surface area contributed by atoms with Gasteiger partial charge in [-0.1, -0.05) is 0 Å². The highest BCUT2D eigenvalue weighted by atomic mass is 16.6. The predicted molar refractivity (Wildman–Crippen MR) is 64.6 cm³/mol. The molecule has 8 nitrogen and oxygen atoms in total. The first-order valence-corrected chi connectivity index (χ1v) is 4.88. The minimum absolute atomic E-state index is 0.132. The maximum Gasteiger partial charge on any atom is 0.323 e.